The average Bonchev–Trinajstić information content (AvgIpc) is 3.33. The highest BCUT2D eigenvalue weighted by Gasteiger charge is 2.23. The second kappa shape index (κ2) is 11.0. The Morgan fingerprint density at radius 1 is 0.912 bits per heavy atom. The van der Waals surface area contributed by atoms with Crippen molar-refractivity contribution < 1.29 is 9.59 Å². The minimum absolute atomic E-state index is 0.308. The van der Waals surface area contributed by atoms with Gasteiger partial charge in [-0.3, -0.25) is 14.9 Å². The third-order valence-corrected chi connectivity index (χ3v) is 6.41. The van der Waals surface area contributed by atoms with E-state index in [0.29, 0.717) is 27.1 Å². The fraction of sp³-hybridized carbons (Fsp3) is 0.154. The van der Waals surface area contributed by atoms with Crippen molar-refractivity contribution in [3.8, 4) is 10.6 Å². The summed E-state index contributed by atoms with van der Waals surface area (Å²) in [5.74, 6) is -0.668. The number of aryl methyl sites for hydroxylation is 1. The van der Waals surface area contributed by atoms with Crippen LogP contribution in [-0.2, 0) is 17.6 Å². The molecule has 0 saturated heterocycles. The first-order chi connectivity index (χ1) is 16.5. The Balaban J connectivity index is 1.50. The molecule has 0 fully saturated rings. The molecule has 3 aromatic carbocycles. The monoisotopic (exact) mass is 490 g/mol. The Hall–Kier alpha value is -3.55. The van der Waals surface area contributed by atoms with E-state index in [4.69, 9.17) is 11.6 Å². The topological polar surface area (TPSA) is 84.0 Å². The molecule has 4 aromatic rings. The number of halogens is 1. The molecule has 2 N–H and O–H groups in total. The van der Waals surface area contributed by atoms with Crippen molar-refractivity contribution in [3.63, 3.8) is 0 Å². The molecule has 4 rings (SSSR count). The number of anilines is 1. The maximum atomic E-state index is 13.2. The lowest BCUT2D eigenvalue weighted by molar-refractivity contribution is -0.118. The van der Waals surface area contributed by atoms with E-state index in [1.807, 2.05) is 54.6 Å². The molecular formula is C26H23ClN4O2S. The van der Waals surface area contributed by atoms with Crippen molar-refractivity contribution in [2.24, 2.45) is 0 Å². The van der Waals surface area contributed by atoms with Crippen molar-refractivity contribution in [1.82, 2.24) is 15.5 Å². The van der Waals surface area contributed by atoms with Gasteiger partial charge in [0.05, 0.1) is 0 Å². The summed E-state index contributed by atoms with van der Waals surface area (Å²) < 4.78 is 0. The molecule has 1 heterocycles. The third-order valence-electron chi connectivity index (χ3n) is 5.28. The number of carbonyl (C=O) groups is 2. The summed E-state index contributed by atoms with van der Waals surface area (Å²) >= 11 is 7.20. The summed E-state index contributed by atoms with van der Waals surface area (Å²) in [5.41, 5.74) is 3.43. The minimum atomic E-state index is -0.788. The SMILES string of the molecule is CCc1ccc(C(=O)N[C@@H](Cc2ccccc2)C(=O)Nc2nnc(-c3ccc(Cl)cc3)s2)cc1. The smallest absolute Gasteiger partial charge is 0.251 e. The van der Waals surface area contributed by atoms with Gasteiger partial charge in [0.25, 0.3) is 5.91 Å². The Kier molecular flexibility index (Phi) is 7.67. The number of benzene rings is 3. The number of aromatic nitrogens is 2. The van der Waals surface area contributed by atoms with Gasteiger partial charge in [0, 0.05) is 22.6 Å². The number of rotatable bonds is 8. The first-order valence-electron chi connectivity index (χ1n) is 10.9. The van der Waals surface area contributed by atoms with Crippen molar-refractivity contribution in [2.75, 3.05) is 5.32 Å². The molecule has 1 atom stereocenters. The molecule has 0 radical (unpaired) electrons. The van der Waals surface area contributed by atoms with E-state index in [9.17, 15) is 9.59 Å². The van der Waals surface area contributed by atoms with Crippen LogP contribution in [0.2, 0.25) is 5.02 Å². The molecule has 172 valence electrons. The van der Waals surface area contributed by atoms with Crippen LogP contribution < -0.4 is 10.6 Å². The Labute approximate surface area is 207 Å². The van der Waals surface area contributed by atoms with Crippen LogP contribution >= 0.6 is 22.9 Å². The summed E-state index contributed by atoms with van der Waals surface area (Å²) in [5, 5.41) is 15.6. The summed E-state index contributed by atoms with van der Waals surface area (Å²) in [6.07, 6.45) is 1.23. The Bertz CT molecular complexity index is 1260. The van der Waals surface area contributed by atoms with E-state index in [0.717, 1.165) is 23.1 Å². The quantitative estimate of drug-likeness (QED) is 0.346. The summed E-state index contributed by atoms with van der Waals surface area (Å²) in [6, 6.07) is 23.4. The van der Waals surface area contributed by atoms with Crippen molar-refractivity contribution >= 4 is 39.9 Å². The van der Waals surface area contributed by atoms with Crippen molar-refractivity contribution in [2.45, 2.75) is 25.8 Å². The minimum Gasteiger partial charge on any atom is -0.340 e. The Morgan fingerprint density at radius 3 is 2.29 bits per heavy atom. The van der Waals surface area contributed by atoms with E-state index in [-0.39, 0.29) is 11.8 Å². The molecule has 8 heteroatoms. The van der Waals surface area contributed by atoms with Crippen LogP contribution in [0.4, 0.5) is 5.13 Å². The molecule has 1 aromatic heterocycles. The largest absolute Gasteiger partial charge is 0.340 e. The van der Waals surface area contributed by atoms with Crippen LogP contribution in [-0.4, -0.2) is 28.1 Å². The zero-order valence-electron chi connectivity index (χ0n) is 18.5. The van der Waals surface area contributed by atoms with Gasteiger partial charge < -0.3 is 5.32 Å². The number of hydrogen-bond acceptors (Lipinski definition) is 5. The van der Waals surface area contributed by atoms with Crippen LogP contribution in [0, 0.1) is 0 Å². The molecule has 6 nitrogen and oxygen atoms in total. The van der Waals surface area contributed by atoms with Crippen LogP contribution in [0.1, 0.15) is 28.4 Å². The van der Waals surface area contributed by atoms with E-state index < -0.39 is 6.04 Å². The zero-order chi connectivity index (χ0) is 23.9. The van der Waals surface area contributed by atoms with Gasteiger partial charge in [0.15, 0.2) is 0 Å². The predicted molar refractivity (Wildman–Crippen MR) is 136 cm³/mol. The first kappa shape index (κ1) is 23.6. The van der Waals surface area contributed by atoms with Gasteiger partial charge in [0.2, 0.25) is 11.0 Å². The summed E-state index contributed by atoms with van der Waals surface area (Å²) in [7, 11) is 0. The number of hydrogen-bond donors (Lipinski definition) is 2. The molecule has 0 aliphatic heterocycles. The van der Waals surface area contributed by atoms with Crippen LogP contribution in [0.5, 0.6) is 0 Å². The maximum absolute atomic E-state index is 13.2. The molecule has 0 bridgehead atoms. The normalized spacial score (nSPS) is 11.6. The molecule has 0 unspecified atom stereocenters. The van der Waals surface area contributed by atoms with E-state index in [1.165, 1.54) is 11.3 Å². The van der Waals surface area contributed by atoms with Gasteiger partial charge in [0.1, 0.15) is 11.0 Å². The maximum Gasteiger partial charge on any atom is 0.251 e. The highest BCUT2D eigenvalue weighted by atomic mass is 35.5. The Morgan fingerprint density at radius 2 is 1.62 bits per heavy atom. The lowest BCUT2D eigenvalue weighted by atomic mass is 10.0. The average molecular weight is 491 g/mol. The van der Waals surface area contributed by atoms with Crippen LogP contribution in [0.3, 0.4) is 0 Å². The number of nitrogens with zero attached hydrogens (tertiary/aromatic N) is 2. The fourth-order valence-electron chi connectivity index (χ4n) is 3.37. The number of carbonyl (C=O) groups excluding carboxylic acids is 2. The third kappa shape index (κ3) is 6.07. The molecule has 0 aliphatic rings. The fourth-order valence-corrected chi connectivity index (χ4v) is 4.25. The van der Waals surface area contributed by atoms with Crippen molar-refractivity contribution in [1.29, 1.82) is 0 Å². The predicted octanol–water partition coefficient (Wildman–Crippen LogP) is 5.40. The summed E-state index contributed by atoms with van der Waals surface area (Å²) in [4.78, 5) is 26.1. The molecule has 0 saturated carbocycles. The second-order valence-corrected chi connectivity index (χ2v) is 9.09. The van der Waals surface area contributed by atoms with Gasteiger partial charge in [-0.25, -0.2) is 0 Å². The van der Waals surface area contributed by atoms with Crippen molar-refractivity contribution in [3.05, 3.63) is 101 Å². The van der Waals surface area contributed by atoms with Gasteiger partial charge in [-0.15, -0.1) is 10.2 Å². The van der Waals surface area contributed by atoms with E-state index in [1.54, 1.807) is 24.3 Å². The molecule has 2 amide bonds. The highest BCUT2D eigenvalue weighted by molar-refractivity contribution is 7.18. The first-order valence-corrected chi connectivity index (χ1v) is 12.1. The number of amides is 2. The lowest BCUT2D eigenvalue weighted by Gasteiger charge is -2.18. The second-order valence-electron chi connectivity index (χ2n) is 7.67. The highest BCUT2D eigenvalue weighted by Crippen LogP contribution is 2.27. The summed E-state index contributed by atoms with van der Waals surface area (Å²) in [6.45, 7) is 2.06. The zero-order valence-corrected chi connectivity index (χ0v) is 20.1. The standard InChI is InChI=1S/C26H23ClN4O2S/c1-2-17-8-10-19(11-9-17)23(32)28-22(16-18-6-4-3-5-7-18)24(33)29-26-31-30-25(34-26)20-12-14-21(27)15-13-20/h3-15,22H,2,16H2,1H3,(H,28,32)(H,29,31,33)/t22-/m0/s1. The van der Waals surface area contributed by atoms with Crippen LogP contribution in [0.25, 0.3) is 10.6 Å². The van der Waals surface area contributed by atoms with Crippen LogP contribution in [0.15, 0.2) is 78.9 Å². The van der Waals surface area contributed by atoms with Gasteiger partial charge in [-0.2, -0.15) is 0 Å². The molecular weight excluding hydrogens is 468 g/mol. The number of nitrogens with one attached hydrogen (secondary N) is 2. The molecule has 34 heavy (non-hydrogen) atoms. The van der Waals surface area contributed by atoms with Gasteiger partial charge in [-0.05, 0) is 41.8 Å². The van der Waals surface area contributed by atoms with Gasteiger partial charge in [-0.1, -0.05) is 84.5 Å². The van der Waals surface area contributed by atoms with Gasteiger partial charge >= 0.3 is 0 Å². The lowest BCUT2D eigenvalue weighted by Crippen LogP contribution is -2.45. The molecule has 0 spiro atoms. The van der Waals surface area contributed by atoms with E-state index in [2.05, 4.69) is 27.8 Å². The molecule has 0 aliphatic carbocycles. The van der Waals surface area contributed by atoms with E-state index >= 15 is 0 Å².